The van der Waals surface area contributed by atoms with Crippen LogP contribution in [0, 0.1) is 0 Å². The van der Waals surface area contributed by atoms with E-state index < -0.39 is 41.8 Å². The normalized spacial score (nSPS) is 12.6. The van der Waals surface area contributed by atoms with Crippen LogP contribution in [-0.2, 0) is 33.6 Å². The average Bonchev–Trinajstić information content (AvgIpc) is 3.05. The second-order valence-corrected chi connectivity index (χ2v) is 10.3. The highest BCUT2D eigenvalue weighted by Gasteiger charge is 2.30. The fourth-order valence-corrected chi connectivity index (χ4v) is 4.67. The van der Waals surface area contributed by atoms with Crippen molar-refractivity contribution < 1.29 is 29.1 Å². The molecule has 0 saturated carbocycles. The highest BCUT2D eigenvalue weighted by atomic mass is 16.4. The minimum atomic E-state index is -1.23. The summed E-state index contributed by atoms with van der Waals surface area (Å²) in [6, 6.07) is 29.6. The summed E-state index contributed by atoms with van der Waals surface area (Å²) in [6.45, 7) is 0. The van der Waals surface area contributed by atoms with Crippen LogP contribution in [0.2, 0.25) is 0 Å². The minimum Gasteiger partial charge on any atom is -0.480 e. The van der Waals surface area contributed by atoms with Crippen molar-refractivity contribution in [3.05, 3.63) is 143 Å². The van der Waals surface area contributed by atoms with Crippen molar-refractivity contribution in [2.24, 2.45) is 0 Å². The lowest BCUT2D eigenvalue weighted by Crippen LogP contribution is -2.57. The summed E-state index contributed by atoms with van der Waals surface area (Å²) < 4.78 is 0. The van der Waals surface area contributed by atoms with Crippen LogP contribution in [0.1, 0.15) is 37.4 Å². The molecule has 3 atom stereocenters. The summed E-state index contributed by atoms with van der Waals surface area (Å²) in [5, 5.41) is 18.0. The molecule has 3 amide bonds. The molecular formula is C35H33N3O6. The van der Waals surface area contributed by atoms with Crippen molar-refractivity contribution in [1.82, 2.24) is 16.0 Å². The molecule has 44 heavy (non-hydrogen) atoms. The molecular weight excluding hydrogens is 558 g/mol. The molecule has 4 aromatic rings. The van der Waals surface area contributed by atoms with Gasteiger partial charge in [0.15, 0.2) is 0 Å². The van der Waals surface area contributed by atoms with Crippen molar-refractivity contribution in [2.75, 3.05) is 0 Å². The molecule has 0 unspecified atom stereocenters. The summed E-state index contributed by atoms with van der Waals surface area (Å²) in [7, 11) is 0. The summed E-state index contributed by atoms with van der Waals surface area (Å²) in [5.41, 5.74) is 2.92. The van der Waals surface area contributed by atoms with E-state index in [1.165, 1.54) is 24.3 Å². The molecule has 0 heterocycles. The van der Waals surface area contributed by atoms with E-state index in [1.807, 2.05) is 42.5 Å². The van der Waals surface area contributed by atoms with Gasteiger partial charge in [-0.3, -0.25) is 19.2 Å². The van der Waals surface area contributed by atoms with Gasteiger partial charge in [0.05, 0.1) is 0 Å². The zero-order valence-corrected chi connectivity index (χ0v) is 23.9. The van der Waals surface area contributed by atoms with E-state index in [0.717, 1.165) is 16.7 Å². The molecule has 0 fully saturated rings. The molecule has 0 spiro atoms. The molecule has 9 nitrogen and oxygen atoms in total. The SMILES string of the molecule is O=Cc1ccc(C(=O)N[C@@H](Cc2ccccc2)C(=O)N[C@@H](Cc2ccccc2)C(=O)N[C@@H](Cc2ccccc2)C(=O)O)cc1. The molecule has 0 bridgehead atoms. The van der Waals surface area contributed by atoms with E-state index in [9.17, 15) is 29.1 Å². The largest absolute Gasteiger partial charge is 0.480 e. The number of benzene rings is 4. The Labute approximate surface area is 255 Å². The molecule has 0 saturated heterocycles. The fraction of sp³-hybridized carbons (Fsp3) is 0.171. The molecule has 4 N–H and O–H groups in total. The Morgan fingerprint density at radius 2 is 0.932 bits per heavy atom. The third kappa shape index (κ3) is 9.22. The summed E-state index contributed by atoms with van der Waals surface area (Å²) in [5.74, 6) is -3.02. The first kappa shape index (κ1) is 31.4. The van der Waals surface area contributed by atoms with Gasteiger partial charge in [0.25, 0.3) is 5.91 Å². The number of aldehydes is 1. The lowest BCUT2D eigenvalue weighted by atomic mass is 10.0. The van der Waals surface area contributed by atoms with E-state index in [0.29, 0.717) is 11.8 Å². The van der Waals surface area contributed by atoms with Crippen LogP contribution in [0.3, 0.4) is 0 Å². The minimum absolute atomic E-state index is 0.0590. The Hall–Kier alpha value is -5.57. The smallest absolute Gasteiger partial charge is 0.326 e. The van der Waals surface area contributed by atoms with Gasteiger partial charge in [-0.05, 0) is 28.8 Å². The molecule has 0 aliphatic rings. The highest BCUT2D eigenvalue weighted by molar-refractivity contribution is 5.99. The van der Waals surface area contributed by atoms with Crippen LogP contribution in [0.5, 0.6) is 0 Å². The van der Waals surface area contributed by atoms with Crippen LogP contribution in [0.4, 0.5) is 0 Å². The maximum atomic E-state index is 13.8. The van der Waals surface area contributed by atoms with Crippen molar-refractivity contribution in [3.63, 3.8) is 0 Å². The predicted molar refractivity (Wildman–Crippen MR) is 165 cm³/mol. The zero-order valence-electron chi connectivity index (χ0n) is 23.9. The fourth-order valence-electron chi connectivity index (χ4n) is 4.67. The zero-order chi connectivity index (χ0) is 31.3. The average molecular weight is 592 g/mol. The second-order valence-electron chi connectivity index (χ2n) is 10.3. The number of carbonyl (C=O) groups is 5. The summed E-state index contributed by atoms with van der Waals surface area (Å²) in [6.07, 6.45) is 0.953. The summed E-state index contributed by atoms with van der Waals surface area (Å²) in [4.78, 5) is 63.6. The molecule has 4 aromatic carbocycles. The van der Waals surface area contributed by atoms with E-state index >= 15 is 0 Å². The van der Waals surface area contributed by atoms with Gasteiger partial charge in [0.1, 0.15) is 24.4 Å². The number of hydrogen-bond donors (Lipinski definition) is 4. The van der Waals surface area contributed by atoms with Crippen molar-refractivity contribution in [2.45, 2.75) is 37.4 Å². The molecule has 0 radical (unpaired) electrons. The Kier molecular flexibility index (Phi) is 11.1. The van der Waals surface area contributed by atoms with E-state index in [4.69, 9.17) is 0 Å². The monoisotopic (exact) mass is 591 g/mol. The number of rotatable bonds is 14. The third-order valence-electron chi connectivity index (χ3n) is 7.03. The van der Waals surface area contributed by atoms with Crippen LogP contribution in [-0.4, -0.2) is 53.2 Å². The third-order valence-corrected chi connectivity index (χ3v) is 7.03. The van der Waals surface area contributed by atoms with E-state index in [-0.39, 0.29) is 24.8 Å². The van der Waals surface area contributed by atoms with Crippen molar-refractivity contribution >= 4 is 30.0 Å². The van der Waals surface area contributed by atoms with E-state index in [2.05, 4.69) is 16.0 Å². The second kappa shape index (κ2) is 15.6. The number of amides is 3. The van der Waals surface area contributed by atoms with Crippen molar-refractivity contribution in [1.29, 1.82) is 0 Å². The van der Waals surface area contributed by atoms with Gasteiger partial charge in [-0.2, -0.15) is 0 Å². The first-order valence-electron chi connectivity index (χ1n) is 14.1. The lowest BCUT2D eigenvalue weighted by Gasteiger charge is -2.25. The Morgan fingerprint density at radius 1 is 0.545 bits per heavy atom. The maximum Gasteiger partial charge on any atom is 0.326 e. The van der Waals surface area contributed by atoms with Crippen LogP contribution < -0.4 is 16.0 Å². The molecule has 0 aliphatic carbocycles. The van der Waals surface area contributed by atoms with Gasteiger partial charge in [0.2, 0.25) is 11.8 Å². The number of carboxylic acid groups (broad SMARTS) is 1. The number of carboxylic acids is 1. The van der Waals surface area contributed by atoms with Crippen LogP contribution in [0.15, 0.2) is 115 Å². The summed E-state index contributed by atoms with van der Waals surface area (Å²) >= 11 is 0. The Morgan fingerprint density at radius 3 is 1.34 bits per heavy atom. The Balaban J connectivity index is 1.56. The molecule has 0 aliphatic heterocycles. The van der Waals surface area contributed by atoms with Gasteiger partial charge in [-0.15, -0.1) is 0 Å². The first-order valence-corrected chi connectivity index (χ1v) is 14.1. The van der Waals surface area contributed by atoms with Crippen LogP contribution >= 0.6 is 0 Å². The van der Waals surface area contributed by atoms with Gasteiger partial charge in [0, 0.05) is 30.4 Å². The van der Waals surface area contributed by atoms with Crippen molar-refractivity contribution in [3.8, 4) is 0 Å². The standard InChI is InChI=1S/C35H33N3O6/c39-23-27-16-18-28(19-17-27)32(40)36-29(20-24-10-4-1-5-11-24)33(41)37-30(21-25-12-6-2-7-13-25)34(42)38-31(35(43)44)22-26-14-8-3-9-15-26/h1-19,23,29-31H,20-22H2,(H,36,40)(H,37,41)(H,38,42)(H,43,44)/t29-,30-,31-/m0/s1. The number of hydrogen-bond acceptors (Lipinski definition) is 5. The van der Waals surface area contributed by atoms with E-state index in [1.54, 1.807) is 48.5 Å². The number of carbonyl (C=O) groups excluding carboxylic acids is 4. The first-order chi connectivity index (χ1) is 21.3. The Bertz CT molecular complexity index is 1560. The number of nitrogens with one attached hydrogen (secondary N) is 3. The molecule has 224 valence electrons. The van der Waals surface area contributed by atoms with Gasteiger partial charge in [-0.1, -0.05) is 103 Å². The lowest BCUT2D eigenvalue weighted by molar-refractivity contribution is -0.142. The topological polar surface area (TPSA) is 142 Å². The van der Waals surface area contributed by atoms with Gasteiger partial charge < -0.3 is 21.1 Å². The molecule has 4 rings (SSSR count). The van der Waals surface area contributed by atoms with Gasteiger partial charge >= 0.3 is 5.97 Å². The van der Waals surface area contributed by atoms with Gasteiger partial charge in [-0.25, -0.2) is 4.79 Å². The molecule has 0 aromatic heterocycles. The highest BCUT2D eigenvalue weighted by Crippen LogP contribution is 2.10. The quantitative estimate of drug-likeness (QED) is 0.166. The number of aliphatic carboxylic acids is 1. The molecule has 9 heteroatoms. The van der Waals surface area contributed by atoms with Crippen LogP contribution in [0.25, 0.3) is 0 Å². The predicted octanol–water partition coefficient (Wildman–Crippen LogP) is 3.38. The maximum absolute atomic E-state index is 13.8.